The van der Waals surface area contributed by atoms with Crippen molar-refractivity contribution in [1.82, 2.24) is 14.5 Å². The van der Waals surface area contributed by atoms with E-state index in [2.05, 4.69) is 76.0 Å². The van der Waals surface area contributed by atoms with E-state index in [0.29, 0.717) is 45.6 Å². The van der Waals surface area contributed by atoms with E-state index in [1.807, 2.05) is 4.57 Å². The number of fused-ring (bicyclic) bond motifs is 1. The maximum Gasteiger partial charge on any atom is 0.262 e. The number of aryl methyl sites for hydroxylation is 4. The summed E-state index contributed by atoms with van der Waals surface area (Å²) in [5.74, 6) is 1.99. The van der Waals surface area contributed by atoms with E-state index >= 15 is 0 Å². The summed E-state index contributed by atoms with van der Waals surface area (Å²) in [6.45, 7) is 15.5. The van der Waals surface area contributed by atoms with Crippen molar-refractivity contribution in [3.8, 4) is 17.2 Å². The highest BCUT2D eigenvalue weighted by Gasteiger charge is 2.29. The molecule has 0 aliphatic carbocycles. The van der Waals surface area contributed by atoms with Crippen molar-refractivity contribution in [1.29, 1.82) is 0 Å². The molecule has 1 fully saturated rings. The monoisotopic (exact) mass is 645 g/mol. The molecule has 0 bridgehead atoms. The van der Waals surface area contributed by atoms with Gasteiger partial charge in [0.25, 0.3) is 5.56 Å². The number of ether oxygens (including phenoxy) is 3. The first-order valence-corrected chi connectivity index (χ1v) is 17.1. The van der Waals surface area contributed by atoms with Crippen LogP contribution in [0.15, 0.2) is 52.4 Å². The molecule has 0 saturated carbocycles. The topological polar surface area (TPSA) is 65.8 Å². The van der Waals surface area contributed by atoms with Crippen molar-refractivity contribution < 1.29 is 18.7 Å². The molecule has 0 atom stereocenters. The van der Waals surface area contributed by atoms with Crippen LogP contribution in [0.4, 0.5) is 0 Å². The Balaban J connectivity index is 1.35. The van der Waals surface area contributed by atoms with Crippen LogP contribution in [0.5, 0.6) is 17.2 Å². The van der Waals surface area contributed by atoms with Gasteiger partial charge in [-0.25, -0.2) is 4.98 Å². The quantitative estimate of drug-likeness (QED) is 0.102. The van der Waals surface area contributed by atoms with E-state index in [-0.39, 0.29) is 5.56 Å². The predicted octanol–water partition coefficient (Wildman–Crippen LogP) is 6.30. The standard InChI is InChI=1S/C37H49N4O4S/c1-25-16-26(2)19-29(18-25)23-41(5)14-12-39(13-15-41)10-9-11-40-36(42)31-22-32(43-6)34(44-7)35(45-8)33(31)38-37(40)46-24-30-20-27(3)17-28(4)21-30/h16-22H,9-15,23-24H2,1-8H3/q+1. The zero-order valence-corrected chi connectivity index (χ0v) is 29.6. The number of likely N-dealkylation sites (N-methyl/N-ethyl adjacent to an activating group) is 1. The molecule has 246 valence electrons. The molecule has 0 spiro atoms. The highest BCUT2D eigenvalue weighted by atomic mass is 32.2. The Kier molecular flexibility index (Phi) is 10.7. The summed E-state index contributed by atoms with van der Waals surface area (Å²) in [4.78, 5) is 21.7. The molecular formula is C37H49N4O4S+. The van der Waals surface area contributed by atoms with Crippen molar-refractivity contribution in [3.05, 3.63) is 86.2 Å². The van der Waals surface area contributed by atoms with Crippen molar-refractivity contribution in [2.24, 2.45) is 0 Å². The Labute approximate surface area is 277 Å². The lowest BCUT2D eigenvalue weighted by molar-refractivity contribution is -0.926. The highest BCUT2D eigenvalue weighted by molar-refractivity contribution is 7.98. The molecule has 0 radical (unpaired) electrons. The van der Waals surface area contributed by atoms with Crippen molar-refractivity contribution >= 4 is 22.7 Å². The average Bonchev–Trinajstić information content (AvgIpc) is 3.00. The smallest absolute Gasteiger partial charge is 0.262 e. The molecule has 0 amide bonds. The van der Waals surface area contributed by atoms with Gasteiger partial charge in [0.1, 0.15) is 12.1 Å². The van der Waals surface area contributed by atoms with Gasteiger partial charge >= 0.3 is 0 Å². The summed E-state index contributed by atoms with van der Waals surface area (Å²) in [6, 6.07) is 15.2. The molecule has 1 aromatic heterocycles. The van der Waals surface area contributed by atoms with Gasteiger partial charge in [0.15, 0.2) is 16.7 Å². The molecule has 9 heteroatoms. The maximum atomic E-state index is 14.1. The molecule has 5 rings (SSSR count). The Morgan fingerprint density at radius 1 is 0.783 bits per heavy atom. The Morgan fingerprint density at radius 3 is 1.93 bits per heavy atom. The lowest BCUT2D eigenvalue weighted by Crippen LogP contribution is -2.56. The van der Waals surface area contributed by atoms with Crippen molar-refractivity contribution in [2.45, 2.75) is 58.1 Å². The predicted molar refractivity (Wildman–Crippen MR) is 188 cm³/mol. The van der Waals surface area contributed by atoms with Gasteiger partial charge in [-0.05, 0) is 45.7 Å². The molecule has 1 aliphatic rings. The zero-order chi connectivity index (χ0) is 33.0. The first kappa shape index (κ1) is 33.8. The summed E-state index contributed by atoms with van der Waals surface area (Å²) in [7, 11) is 7.07. The second kappa shape index (κ2) is 14.5. The van der Waals surface area contributed by atoms with Crippen LogP contribution < -0.4 is 19.8 Å². The van der Waals surface area contributed by atoms with Gasteiger partial charge < -0.3 is 18.7 Å². The average molecular weight is 646 g/mol. The Morgan fingerprint density at radius 2 is 1.37 bits per heavy atom. The first-order chi connectivity index (χ1) is 22.0. The second-order valence-electron chi connectivity index (χ2n) is 13.1. The zero-order valence-electron chi connectivity index (χ0n) is 28.7. The third-order valence-corrected chi connectivity index (χ3v) is 10.0. The number of quaternary nitrogens is 1. The number of thioether (sulfide) groups is 1. The molecule has 1 saturated heterocycles. The number of benzene rings is 3. The molecule has 1 aliphatic heterocycles. The number of rotatable bonds is 12. The van der Waals surface area contributed by atoms with Crippen LogP contribution in [0, 0.1) is 27.7 Å². The lowest BCUT2D eigenvalue weighted by atomic mass is 10.1. The summed E-state index contributed by atoms with van der Waals surface area (Å²) < 4.78 is 19.8. The van der Waals surface area contributed by atoms with Gasteiger partial charge in [0.05, 0.1) is 46.9 Å². The van der Waals surface area contributed by atoms with Crippen LogP contribution >= 0.6 is 11.8 Å². The van der Waals surface area contributed by atoms with Crippen LogP contribution in [0.25, 0.3) is 10.9 Å². The molecule has 4 aromatic rings. The number of hydrogen-bond donors (Lipinski definition) is 0. The third-order valence-electron chi connectivity index (χ3n) is 8.98. The summed E-state index contributed by atoms with van der Waals surface area (Å²) in [5.41, 5.74) is 8.14. The minimum absolute atomic E-state index is 0.0940. The van der Waals surface area contributed by atoms with Gasteiger partial charge in [0, 0.05) is 37.5 Å². The lowest BCUT2D eigenvalue weighted by Gasteiger charge is -2.42. The minimum Gasteiger partial charge on any atom is -0.493 e. The van der Waals surface area contributed by atoms with E-state index in [4.69, 9.17) is 19.2 Å². The van der Waals surface area contributed by atoms with Crippen LogP contribution in [-0.2, 0) is 18.8 Å². The van der Waals surface area contributed by atoms with Crippen molar-refractivity contribution in [3.63, 3.8) is 0 Å². The minimum atomic E-state index is -0.0940. The van der Waals surface area contributed by atoms with Gasteiger partial charge in [-0.2, -0.15) is 0 Å². The van der Waals surface area contributed by atoms with Crippen molar-refractivity contribution in [2.75, 3.05) is 61.1 Å². The fourth-order valence-corrected chi connectivity index (χ4v) is 7.78. The van der Waals surface area contributed by atoms with E-state index in [0.717, 1.165) is 50.2 Å². The SMILES string of the molecule is COc1cc2c(=O)n(CCCN3CC[N+](C)(Cc4cc(C)cc(C)c4)CC3)c(SCc3cc(C)cc(C)c3)nc2c(OC)c1OC. The summed E-state index contributed by atoms with van der Waals surface area (Å²) in [5, 5.41) is 1.14. The maximum absolute atomic E-state index is 14.1. The number of methoxy groups -OCH3 is 3. The summed E-state index contributed by atoms with van der Waals surface area (Å²) >= 11 is 1.59. The molecule has 0 unspecified atom stereocenters. The fraction of sp³-hybridized carbons (Fsp3) is 0.459. The number of nitrogens with zero attached hydrogens (tertiary/aromatic N) is 4. The fourth-order valence-electron chi connectivity index (χ4n) is 6.84. The molecule has 8 nitrogen and oxygen atoms in total. The van der Waals surface area contributed by atoms with Crippen LogP contribution in [-0.4, -0.2) is 80.0 Å². The highest BCUT2D eigenvalue weighted by Crippen LogP contribution is 2.42. The van der Waals surface area contributed by atoms with Gasteiger partial charge in [-0.1, -0.05) is 70.4 Å². The second-order valence-corrected chi connectivity index (χ2v) is 14.0. The van der Waals surface area contributed by atoms with E-state index in [1.165, 1.54) is 33.4 Å². The van der Waals surface area contributed by atoms with E-state index in [9.17, 15) is 4.79 Å². The molecule has 3 aromatic carbocycles. The van der Waals surface area contributed by atoms with Gasteiger partial charge in [-0.15, -0.1) is 0 Å². The van der Waals surface area contributed by atoms with E-state index in [1.54, 1.807) is 39.2 Å². The van der Waals surface area contributed by atoms with Crippen LogP contribution in [0.1, 0.15) is 39.8 Å². The van der Waals surface area contributed by atoms with Gasteiger partial charge in [-0.3, -0.25) is 14.3 Å². The molecule has 0 N–H and O–H groups in total. The Bertz CT molecular complexity index is 1720. The largest absolute Gasteiger partial charge is 0.493 e. The number of aromatic nitrogens is 2. The normalized spacial score (nSPS) is 14.9. The molecule has 46 heavy (non-hydrogen) atoms. The summed E-state index contributed by atoms with van der Waals surface area (Å²) in [6.07, 6.45) is 0.857. The number of hydrogen-bond acceptors (Lipinski definition) is 7. The van der Waals surface area contributed by atoms with E-state index < -0.39 is 0 Å². The third kappa shape index (κ3) is 7.70. The molecular weight excluding hydrogens is 596 g/mol. The number of piperazine rings is 1. The van der Waals surface area contributed by atoms with Gasteiger partial charge in [0.2, 0.25) is 5.75 Å². The Hall–Kier alpha value is -3.53. The van der Waals surface area contributed by atoms with Crippen LogP contribution in [0.2, 0.25) is 0 Å². The first-order valence-electron chi connectivity index (χ1n) is 16.1. The van der Waals surface area contributed by atoms with Crippen LogP contribution in [0.3, 0.4) is 0 Å². The molecule has 2 heterocycles.